The molecule has 0 aliphatic carbocycles. The Morgan fingerprint density at radius 3 is 2.56 bits per heavy atom. The van der Waals surface area contributed by atoms with Crippen LogP contribution in [0.4, 0.5) is 4.39 Å². The van der Waals surface area contributed by atoms with Crippen LogP contribution in [0.5, 0.6) is 0 Å². The molecule has 0 saturated carbocycles. The number of hydrogen-bond acceptors (Lipinski definition) is 2. The van der Waals surface area contributed by atoms with Crippen molar-refractivity contribution >= 4 is 11.9 Å². The second-order valence-corrected chi connectivity index (χ2v) is 4.52. The van der Waals surface area contributed by atoms with Gasteiger partial charge in [-0.15, -0.1) is 0 Å². The van der Waals surface area contributed by atoms with E-state index in [1.807, 2.05) is 0 Å². The summed E-state index contributed by atoms with van der Waals surface area (Å²) in [5.41, 5.74) is 0.699. The largest absolute Gasteiger partial charge is 0.481 e. The lowest BCUT2D eigenvalue weighted by atomic mass is 9.80. The number of rotatable bonds is 2. The summed E-state index contributed by atoms with van der Waals surface area (Å²) < 4.78 is 12.9. The summed E-state index contributed by atoms with van der Waals surface area (Å²) in [5, 5.41) is 9.19. The molecular weight excluding hydrogens is 237 g/mol. The molecule has 1 aromatic rings. The lowest BCUT2D eigenvalue weighted by Gasteiger charge is -2.33. The molecule has 5 heteroatoms. The predicted molar refractivity (Wildman–Crippen MR) is 62.5 cm³/mol. The number of aliphatic carboxylic acids is 1. The first-order valence-corrected chi connectivity index (χ1v) is 5.74. The highest BCUT2D eigenvalue weighted by Gasteiger charge is 2.40. The van der Waals surface area contributed by atoms with Crippen molar-refractivity contribution in [2.75, 3.05) is 13.6 Å². The molecule has 4 nitrogen and oxygen atoms in total. The molecule has 1 aliphatic rings. The number of nitrogens with zero attached hydrogens (tertiary/aromatic N) is 1. The summed E-state index contributed by atoms with van der Waals surface area (Å²) in [6, 6.07) is 5.68. The minimum atomic E-state index is -1.12. The number of amides is 1. The fourth-order valence-corrected chi connectivity index (χ4v) is 2.37. The Balaban J connectivity index is 2.33. The van der Waals surface area contributed by atoms with Crippen molar-refractivity contribution in [3.8, 4) is 0 Å². The molecule has 2 rings (SSSR count). The van der Waals surface area contributed by atoms with Crippen molar-refractivity contribution in [1.82, 2.24) is 4.90 Å². The minimum Gasteiger partial charge on any atom is -0.481 e. The molecule has 0 bridgehead atoms. The van der Waals surface area contributed by atoms with Gasteiger partial charge in [-0.25, -0.2) is 4.39 Å². The zero-order valence-corrected chi connectivity index (χ0v) is 9.97. The molecule has 2 atom stereocenters. The van der Waals surface area contributed by atoms with Crippen molar-refractivity contribution in [2.45, 2.75) is 12.3 Å². The first-order chi connectivity index (χ1) is 8.50. The van der Waals surface area contributed by atoms with Crippen molar-refractivity contribution in [3.63, 3.8) is 0 Å². The van der Waals surface area contributed by atoms with Gasteiger partial charge in [0.2, 0.25) is 5.91 Å². The topological polar surface area (TPSA) is 57.6 Å². The van der Waals surface area contributed by atoms with Gasteiger partial charge in [0.05, 0.1) is 0 Å². The zero-order chi connectivity index (χ0) is 13.3. The molecule has 1 fully saturated rings. The number of piperidine rings is 1. The van der Waals surface area contributed by atoms with E-state index < -0.39 is 11.9 Å². The van der Waals surface area contributed by atoms with Crippen LogP contribution in [0.15, 0.2) is 24.3 Å². The van der Waals surface area contributed by atoms with Crippen LogP contribution in [0.1, 0.15) is 17.9 Å². The van der Waals surface area contributed by atoms with Gasteiger partial charge in [0.25, 0.3) is 0 Å². The fourth-order valence-electron chi connectivity index (χ4n) is 2.37. The number of carbonyl (C=O) groups is 2. The van der Waals surface area contributed by atoms with Crippen LogP contribution in [0.2, 0.25) is 0 Å². The van der Waals surface area contributed by atoms with Crippen molar-refractivity contribution in [1.29, 1.82) is 0 Å². The fraction of sp³-hybridized carbons (Fsp3) is 0.385. The maximum Gasteiger partial charge on any atom is 0.316 e. The van der Waals surface area contributed by atoms with Crippen molar-refractivity contribution in [2.24, 2.45) is 5.92 Å². The molecule has 1 amide bonds. The normalized spacial score (nSPS) is 24.1. The van der Waals surface area contributed by atoms with Crippen LogP contribution in [0.3, 0.4) is 0 Å². The molecule has 1 N–H and O–H groups in total. The third-order valence-electron chi connectivity index (χ3n) is 3.38. The number of benzene rings is 1. The SMILES string of the molecule is CN1CC[C@H](c2ccc(F)cc2)[C@@H](C(=O)O)C1=O. The molecule has 0 unspecified atom stereocenters. The van der Waals surface area contributed by atoms with Crippen LogP contribution in [0, 0.1) is 11.7 Å². The smallest absolute Gasteiger partial charge is 0.316 e. The van der Waals surface area contributed by atoms with Gasteiger partial charge in [-0.1, -0.05) is 12.1 Å². The maximum atomic E-state index is 12.9. The third kappa shape index (κ3) is 2.20. The first-order valence-electron chi connectivity index (χ1n) is 5.74. The Bertz CT molecular complexity index is 472. The molecule has 96 valence electrons. The standard InChI is InChI=1S/C13H14FNO3/c1-15-7-6-10(11(12(15)16)13(17)18)8-2-4-9(14)5-3-8/h2-5,10-11H,6-7H2,1H3,(H,17,18)/t10-,11-/m1/s1. The average Bonchev–Trinajstić information content (AvgIpc) is 2.33. The summed E-state index contributed by atoms with van der Waals surface area (Å²) in [5.74, 6) is -3.34. The monoisotopic (exact) mass is 251 g/mol. The highest BCUT2D eigenvalue weighted by molar-refractivity contribution is 5.98. The molecule has 0 radical (unpaired) electrons. The van der Waals surface area contributed by atoms with Gasteiger partial charge >= 0.3 is 5.97 Å². The number of carboxylic acids is 1. The Morgan fingerprint density at radius 2 is 2.00 bits per heavy atom. The Kier molecular flexibility index (Phi) is 3.32. The summed E-state index contributed by atoms with van der Waals surface area (Å²) in [6.07, 6.45) is 0.574. The molecule has 18 heavy (non-hydrogen) atoms. The first kappa shape index (κ1) is 12.5. The quantitative estimate of drug-likeness (QED) is 0.810. The highest BCUT2D eigenvalue weighted by atomic mass is 19.1. The van der Waals surface area contributed by atoms with Crippen LogP contribution in [-0.4, -0.2) is 35.5 Å². The van der Waals surface area contributed by atoms with E-state index >= 15 is 0 Å². The van der Waals surface area contributed by atoms with Crippen LogP contribution in [0.25, 0.3) is 0 Å². The Hall–Kier alpha value is -1.91. The number of halogens is 1. The Morgan fingerprint density at radius 1 is 1.39 bits per heavy atom. The van der Waals surface area contributed by atoms with Crippen LogP contribution < -0.4 is 0 Å². The molecule has 0 spiro atoms. The van der Waals surface area contributed by atoms with E-state index in [4.69, 9.17) is 0 Å². The highest BCUT2D eigenvalue weighted by Crippen LogP contribution is 2.33. The molecule has 1 heterocycles. The molecule has 0 aromatic heterocycles. The van der Waals surface area contributed by atoms with Gasteiger partial charge in [0, 0.05) is 19.5 Å². The van der Waals surface area contributed by atoms with Gasteiger partial charge < -0.3 is 10.0 Å². The third-order valence-corrected chi connectivity index (χ3v) is 3.38. The second-order valence-electron chi connectivity index (χ2n) is 4.52. The van der Waals surface area contributed by atoms with Gasteiger partial charge in [-0.3, -0.25) is 9.59 Å². The molecule has 1 aromatic carbocycles. The number of hydrogen-bond donors (Lipinski definition) is 1. The van der Waals surface area contributed by atoms with Crippen LogP contribution in [-0.2, 0) is 9.59 Å². The van der Waals surface area contributed by atoms with Gasteiger partial charge in [-0.2, -0.15) is 0 Å². The number of carboxylic acid groups (broad SMARTS) is 1. The second kappa shape index (κ2) is 4.76. The maximum absolute atomic E-state index is 12.9. The molecule has 1 saturated heterocycles. The minimum absolute atomic E-state index is 0.370. The summed E-state index contributed by atoms with van der Waals surface area (Å²) in [4.78, 5) is 24.6. The van der Waals surface area contributed by atoms with Gasteiger partial charge in [-0.05, 0) is 24.1 Å². The summed E-state index contributed by atoms with van der Waals surface area (Å²) >= 11 is 0. The van der Waals surface area contributed by atoms with E-state index in [0.717, 1.165) is 0 Å². The van der Waals surface area contributed by atoms with E-state index in [1.54, 1.807) is 19.2 Å². The van der Waals surface area contributed by atoms with E-state index in [9.17, 15) is 19.1 Å². The predicted octanol–water partition coefficient (Wildman–Crippen LogP) is 1.47. The van der Waals surface area contributed by atoms with Gasteiger partial charge in [0.1, 0.15) is 11.7 Å². The van der Waals surface area contributed by atoms with E-state index in [1.165, 1.54) is 17.0 Å². The lowest BCUT2D eigenvalue weighted by molar-refractivity contribution is -0.154. The number of carbonyl (C=O) groups excluding carboxylic acids is 1. The lowest BCUT2D eigenvalue weighted by Crippen LogP contribution is -2.45. The molecule has 1 aliphatic heterocycles. The Labute approximate surface area is 104 Å². The van der Waals surface area contributed by atoms with Crippen LogP contribution >= 0.6 is 0 Å². The zero-order valence-electron chi connectivity index (χ0n) is 9.97. The van der Waals surface area contributed by atoms with Gasteiger partial charge in [0.15, 0.2) is 0 Å². The average molecular weight is 251 g/mol. The van der Waals surface area contributed by atoms with E-state index in [2.05, 4.69) is 0 Å². The number of likely N-dealkylation sites (tertiary alicyclic amines) is 1. The summed E-state index contributed by atoms with van der Waals surface area (Å²) in [7, 11) is 1.60. The van der Waals surface area contributed by atoms with Crippen molar-refractivity contribution < 1.29 is 19.1 Å². The van der Waals surface area contributed by atoms with E-state index in [0.29, 0.717) is 18.5 Å². The van der Waals surface area contributed by atoms with E-state index in [-0.39, 0.29) is 17.6 Å². The summed E-state index contributed by atoms with van der Waals surface area (Å²) in [6.45, 7) is 0.519. The van der Waals surface area contributed by atoms with Crippen molar-refractivity contribution in [3.05, 3.63) is 35.6 Å². The molecular formula is C13H14FNO3.